The average molecular weight is 803 g/mol. The van der Waals surface area contributed by atoms with Crippen LogP contribution >= 0.6 is 0 Å². The van der Waals surface area contributed by atoms with Crippen LogP contribution in [0.1, 0.15) is 94.5 Å². The van der Waals surface area contributed by atoms with Gasteiger partial charge in [-0.05, 0) is 61.1 Å². The van der Waals surface area contributed by atoms with Gasteiger partial charge in [0.05, 0.1) is 52.6 Å². The second-order valence-electron chi connectivity index (χ2n) is 15.1. The summed E-state index contributed by atoms with van der Waals surface area (Å²) in [5.74, 6) is -1.70. The van der Waals surface area contributed by atoms with Crippen LogP contribution in [0.15, 0.2) is 84.7 Å². The van der Waals surface area contributed by atoms with Crippen LogP contribution in [0.25, 0.3) is 0 Å². The van der Waals surface area contributed by atoms with Crippen molar-refractivity contribution >= 4 is 0 Å². The Bertz CT molecular complexity index is 2380. The van der Waals surface area contributed by atoms with Crippen LogP contribution in [0.3, 0.4) is 0 Å². The van der Waals surface area contributed by atoms with Crippen molar-refractivity contribution in [3.05, 3.63) is 95.8 Å². The maximum absolute atomic E-state index is 12.5. The van der Waals surface area contributed by atoms with Crippen molar-refractivity contribution in [1.82, 2.24) is 0 Å². The molecular weight excluding hydrogens is 732 g/mol. The highest BCUT2D eigenvalue weighted by Gasteiger charge is 2.59. The second-order valence-corrected chi connectivity index (χ2v) is 15.1. The molecule has 2 spiro atoms. The molecule has 3 aromatic carbocycles. The molecule has 10 atom stereocenters. The Kier molecular flexibility index (Phi) is 8.08. The molecule has 9 rings (SSSR count). The fraction of sp³-hybridized carbons (Fsp3) is 0.600. The summed E-state index contributed by atoms with van der Waals surface area (Å²) in [7, 11) is 1.47. The monoisotopic (exact) mass is 802 g/mol. The third kappa shape index (κ3) is 8.77. The van der Waals surface area contributed by atoms with Crippen molar-refractivity contribution in [1.29, 1.82) is 0 Å². The van der Waals surface area contributed by atoms with E-state index in [-0.39, 0.29) is 19.0 Å². The van der Waals surface area contributed by atoms with Gasteiger partial charge in [0.2, 0.25) is 6.29 Å². The highest BCUT2D eigenvalue weighted by atomic mass is 16.8. The minimum absolute atomic E-state index is 0.115. The zero-order valence-corrected chi connectivity index (χ0v) is 31.5. The topological polar surface area (TPSA) is 122 Å². The normalized spacial score (nSPS) is 38.6. The van der Waals surface area contributed by atoms with Gasteiger partial charge < -0.3 is 57.2 Å². The van der Waals surface area contributed by atoms with Gasteiger partial charge >= 0.3 is 0 Å². The van der Waals surface area contributed by atoms with E-state index in [2.05, 4.69) is 0 Å². The number of hydrogen-bond acceptors (Lipinski definition) is 12. The Morgan fingerprint density at radius 2 is 1.16 bits per heavy atom. The lowest BCUT2D eigenvalue weighted by atomic mass is 9.90. The molecule has 12 nitrogen and oxygen atoms in total. The number of rotatable bonds is 11. The summed E-state index contributed by atoms with van der Waals surface area (Å²) in [4.78, 5) is 0. The van der Waals surface area contributed by atoms with Gasteiger partial charge in [-0.25, -0.2) is 0 Å². The predicted octanol–water partition coefficient (Wildman–Crippen LogP) is 6.59. The molecule has 2 saturated carbocycles. The van der Waals surface area contributed by atoms with Gasteiger partial charge in [0.15, 0.2) is 17.9 Å². The summed E-state index contributed by atoms with van der Waals surface area (Å²) in [5, 5.41) is 12.5. The van der Waals surface area contributed by atoms with Gasteiger partial charge in [-0.2, -0.15) is 0 Å². The smallest absolute Gasteiger partial charge is 0.229 e. The van der Waals surface area contributed by atoms with E-state index in [1.54, 1.807) is 12.1 Å². The SMILES string of the molecule is [2H]c1c([2H])c([2H])c(C([2H])([2H])O[C@@H]2[C@@H](Oc3ccc(OC)cc3)O[C@@H]3COC4(CCCCC4)O[C@H]3[C@@H]2O[C@H]2O[C@@H]3COC4(CCCCC4)O[C@H]3[C@H](O)[C@H]2OC([2H])([2H])c2c([2H])c([2H])c([2H])c([2H])c2[2H])c([2H])c1[2H]. The first kappa shape index (κ1) is 26.2. The van der Waals surface area contributed by atoms with Crippen LogP contribution < -0.4 is 9.47 Å². The maximum Gasteiger partial charge on any atom is 0.229 e. The molecule has 0 aromatic heterocycles. The molecule has 1 N–H and O–H groups in total. The largest absolute Gasteiger partial charge is 0.497 e. The molecule has 6 aliphatic rings. The lowest BCUT2D eigenvalue weighted by Crippen LogP contribution is -2.70. The Morgan fingerprint density at radius 1 is 0.649 bits per heavy atom. The van der Waals surface area contributed by atoms with Crippen molar-refractivity contribution in [2.45, 2.75) is 150 Å². The third-order valence-electron chi connectivity index (χ3n) is 11.4. The lowest BCUT2D eigenvalue weighted by molar-refractivity contribution is -0.429. The van der Waals surface area contributed by atoms with Gasteiger partial charge in [0.1, 0.15) is 60.3 Å². The van der Waals surface area contributed by atoms with Crippen LogP contribution in [-0.2, 0) is 55.7 Å². The quantitative estimate of drug-likeness (QED) is 0.225. The number of aliphatic hydroxyl groups excluding tert-OH is 1. The summed E-state index contributed by atoms with van der Waals surface area (Å²) < 4.78 is 192. The molecule has 2 aliphatic carbocycles. The van der Waals surface area contributed by atoms with Gasteiger partial charge in [-0.15, -0.1) is 0 Å². The average Bonchev–Trinajstić information content (AvgIpc) is 3.34. The van der Waals surface area contributed by atoms with E-state index in [9.17, 15) is 10.6 Å². The summed E-state index contributed by atoms with van der Waals surface area (Å²) >= 11 is 0. The number of fused-ring (bicyclic) bond motifs is 2. The summed E-state index contributed by atoms with van der Waals surface area (Å²) in [6.07, 6.45) is -9.05. The Balaban J connectivity index is 1.17. The van der Waals surface area contributed by atoms with Gasteiger partial charge in [0, 0.05) is 25.7 Å². The van der Waals surface area contributed by atoms with Gasteiger partial charge in [-0.1, -0.05) is 73.3 Å². The highest BCUT2D eigenvalue weighted by Crippen LogP contribution is 2.45. The number of hydrogen-bond donors (Lipinski definition) is 1. The Labute approximate surface area is 354 Å². The van der Waals surface area contributed by atoms with Crippen LogP contribution in [0.5, 0.6) is 11.5 Å². The van der Waals surface area contributed by atoms with E-state index in [0.717, 1.165) is 38.5 Å². The van der Waals surface area contributed by atoms with Crippen LogP contribution in [0.4, 0.5) is 0 Å². The summed E-state index contributed by atoms with van der Waals surface area (Å²) in [6.45, 7) is -6.77. The Morgan fingerprint density at radius 3 is 1.74 bits per heavy atom. The first-order chi connectivity index (χ1) is 33.6. The van der Waals surface area contributed by atoms with Crippen molar-refractivity contribution in [3.63, 3.8) is 0 Å². The molecule has 0 radical (unpaired) electrons. The molecule has 4 heterocycles. The molecule has 4 aliphatic heterocycles. The lowest BCUT2D eigenvalue weighted by Gasteiger charge is -2.55. The molecule has 3 aromatic rings. The van der Waals surface area contributed by atoms with Gasteiger partial charge in [0.25, 0.3) is 0 Å². The van der Waals surface area contributed by atoms with Crippen LogP contribution in [0.2, 0.25) is 0 Å². The molecule has 0 unspecified atom stereocenters. The fourth-order valence-corrected chi connectivity index (χ4v) is 8.48. The van der Waals surface area contributed by atoms with E-state index >= 15 is 0 Å². The van der Waals surface area contributed by atoms with Crippen molar-refractivity contribution < 1.29 is 76.4 Å². The number of benzene rings is 3. The predicted molar refractivity (Wildman–Crippen MR) is 205 cm³/mol. The zero-order chi connectivity index (χ0) is 50.9. The standard InChI is InChI=1S/C45H56O12/c1-47-32-18-20-33(21-19-32)52-43-41(49-27-31-16-8-3-9-17-31)40(38-35(54-43)29-51-45(57-38)24-12-5-13-25-45)55-42-39(48-26-30-14-6-2-7-15-30)36(46)37-34(53-42)28-50-44(56-37)22-10-4-11-23-44/h2-3,6-9,14-21,34-43,46H,4-5,10-13,22-29H2,1H3/t34-,35-,36+,37-,38-,39-,40+,41+,42-,43+/m1/s1/i2D,3D,6D,7D,8D,9D,14D,15D,16D,17D,26D2,27D2. The summed E-state index contributed by atoms with van der Waals surface area (Å²) in [5.41, 5.74) is -1.75. The molecule has 57 heavy (non-hydrogen) atoms. The van der Waals surface area contributed by atoms with E-state index < -0.39 is 158 Å². The van der Waals surface area contributed by atoms with Crippen LogP contribution in [-0.4, -0.2) is 98.4 Å². The van der Waals surface area contributed by atoms with Crippen LogP contribution in [0, 0.1) is 0 Å². The number of aliphatic hydroxyl groups is 1. The molecule has 0 amide bonds. The van der Waals surface area contributed by atoms with Gasteiger partial charge in [-0.3, -0.25) is 0 Å². The van der Waals surface area contributed by atoms with Crippen molar-refractivity contribution in [2.75, 3.05) is 20.3 Å². The third-order valence-corrected chi connectivity index (χ3v) is 11.4. The molecular formula is C45H56O12. The first-order valence-corrected chi connectivity index (χ1v) is 19.7. The molecule has 308 valence electrons. The molecule has 0 bridgehead atoms. The van der Waals surface area contributed by atoms with E-state index in [0.29, 0.717) is 31.4 Å². The minimum atomic E-state index is -3.27. The molecule has 6 fully saturated rings. The number of methoxy groups -OCH3 is 1. The number of ether oxygens (including phenoxy) is 11. The Hall–Kier alpha value is -3.14. The second kappa shape index (κ2) is 17.6. The van der Waals surface area contributed by atoms with E-state index in [1.165, 1.54) is 19.2 Å². The minimum Gasteiger partial charge on any atom is -0.497 e. The van der Waals surface area contributed by atoms with E-state index in [4.69, 9.17) is 65.8 Å². The zero-order valence-electron chi connectivity index (χ0n) is 45.5. The fourth-order valence-electron chi connectivity index (χ4n) is 8.48. The highest BCUT2D eigenvalue weighted by molar-refractivity contribution is 5.31. The van der Waals surface area contributed by atoms with Crippen molar-refractivity contribution in [3.8, 4) is 11.5 Å². The molecule has 4 saturated heterocycles. The molecule has 12 heteroatoms. The van der Waals surface area contributed by atoms with Crippen molar-refractivity contribution in [2.24, 2.45) is 0 Å². The van der Waals surface area contributed by atoms with E-state index in [1.807, 2.05) is 0 Å². The maximum atomic E-state index is 12.5. The first-order valence-electron chi connectivity index (χ1n) is 26.7. The summed E-state index contributed by atoms with van der Waals surface area (Å²) in [6, 6.07) is -2.28.